The van der Waals surface area contributed by atoms with Crippen LogP contribution in [-0.4, -0.2) is 31.8 Å². The second-order valence-corrected chi connectivity index (χ2v) is 6.86. The van der Waals surface area contributed by atoms with Gasteiger partial charge in [-0.25, -0.2) is 0 Å². The first-order valence-electron chi connectivity index (χ1n) is 5.85. The summed E-state index contributed by atoms with van der Waals surface area (Å²) < 4.78 is 26.9. The van der Waals surface area contributed by atoms with Crippen molar-refractivity contribution in [3.8, 4) is 0 Å². The van der Waals surface area contributed by atoms with Crippen LogP contribution in [0.2, 0.25) is 10.0 Å². The highest BCUT2D eigenvalue weighted by Gasteiger charge is 2.34. The van der Waals surface area contributed by atoms with Crippen molar-refractivity contribution in [3.63, 3.8) is 0 Å². The summed E-state index contributed by atoms with van der Waals surface area (Å²) in [7, 11) is -3.81. The van der Waals surface area contributed by atoms with Gasteiger partial charge in [0.15, 0.2) is 0 Å². The Hall–Kier alpha value is -1.02. The number of carbonyl (C=O) groups is 1. The number of nitrogens with zero attached hydrogens (tertiary/aromatic N) is 2. The molecule has 0 aliphatic carbocycles. The second-order valence-electron chi connectivity index (χ2n) is 4.27. The number of anilines is 1. The maximum absolute atomic E-state index is 12.4. The van der Waals surface area contributed by atoms with Crippen LogP contribution in [-0.2, 0) is 15.0 Å². The van der Waals surface area contributed by atoms with E-state index >= 15 is 0 Å². The van der Waals surface area contributed by atoms with Crippen LogP contribution in [0.15, 0.2) is 18.2 Å². The van der Waals surface area contributed by atoms with E-state index in [1.165, 1.54) is 23.4 Å². The number of nitrogens with one attached hydrogen (secondary N) is 1. The van der Waals surface area contributed by atoms with Gasteiger partial charge in [-0.2, -0.15) is 8.42 Å². The van der Waals surface area contributed by atoms with Gasteiger partial charge in [-0.05, 0) is 24.6 Å². The van der Waals surface area contributed by atoms with Gasteiger partial charge in [0.2, 0.25) is 5.91 Å². The van der Waals surface area contributed by atoms with Crippen LogP contribution in [0.25, 0.3) is 0 Å². The van der Waals surface area contributed by atoms with Gasteiger partial charge in [-0.3, -0.25) is 14.5 Å². The number of rotatable bonds is 2. The number of carbonyl (C=O) groups excluding carboxylic acids is 1. The van der Waals surface area contributed by atoms with Gasteiger partial charge >= 0.3 is 10.2 Å². The van der Waals surface area contributed by atoms with Crippen molar-refractivity contribution in [2.75, 3.05) is 17.4 Å². The van der Waals surface area contributed by atoms with E-state index in [0.29, 0.717) is 23.7 Å². The molecule has 0 aromatic heterocycles. The van der Waals surface area contributed by atoms with E-state index in [9.17, 15) is 13.2 Å². The summed E-state index contributed by atoms with van der Waals surface area (Å²) >= 11 is 11.7. The highest BCUT2D eigenvalue weighted by molar-refractivity contribution is 7.90. The molecule has 0 bridgehead atoms. The summed E-state index contributed by atoms with van der Waals surface area (Å²) in [6.45, 7) is 1.81. The normalized spacial score (nSPS) is 18.9. The van der Waals surface area contributed by atoms with Gasteiger partial charge in [-0.15, -0.1) is 0 Å². The zero-order valence-corrected chi connectivity index (χ0v) is 13.0. The van der Waals surface area contributed by atoms with Crippen LogP contribution < -0.4 is 9.73 Å². The lowest BCUT2D eigenvalue weighted by Crippen LogP contribution is -2.56. The largest absolute Gasteiger partial charge is 0.321 e. The molecule has 9 heteroatoms. The third kappa shape index (κ3) is 3.01. The van der Waals surface area contributed by atoms with Crippen LogP contribution in [0.3, 0.4) is 0 Å². The summed E-state index contributed by atoms with van der Waals surface area (Å²) in [6, 6.07) is 4.59. The first-order chi connectivity index (χ1) is 9.32. The Bertz CT molecular complexity index is 636. The Balaban J connectivity index is 2.35. The molecule has 1 aliphatic rings. The van der Waals surface area contributed by atoms with Crippen molar-refractivity contribution >= 4 is 45.0 Å². The van der Waals surface area contributed by atoms with Gasteiger partial charge in [0.1, 0.15) is 0 Å². The Kier molecular flexibility index (Phi) is 4.43. The molecule has 1 aliphatic heterocycles. The number of hydrogen-bond acceptors (Lipinski definition) is 3. The summed E-state index contributed by atoms with van der Waals surface area (Å²) in [5.41, 5.74) is 2.71. The molecular weight excluding hydrogens is 325 g/mol. The number of hydrazine groups is 1. The Morgan fingerprint density at radius 1 is 1.25 bits per heavy atom. The predicted octanol–water partition coefficient (Wildman–Crippen LogP) is 1.80. The molecule has 1 heterocycles. The number of amides is 1. The summed E-state index contributed by atoms with van der Waals surface area (Å²) in [4.78, 5) is 11.1. The molecule has 0 atom stereocenters. The van der Waals surface area contributed by atoms with Gasteiger partial charge in [0, 0.05) is 20.0 Å². The maximum atomic E-state index is 12.4. The monoisotopic (exact) mass is 337 g/mol. The van der Waals surface area contributed by atoms with E-state index in [1.54, 1.807) is 6.07 Å². The summed E-state index contributed by atoms with van der Waals surface area (Å²) in [5.74, 6) is -0.440. The average Bonchev–Trinajstić information content (AvgIpc) is 2.35. The molecule has 110 valence electrons. The molecule has 0 saturated carbocycles. The fourth-order valence-corrected chi connectivity index (χ4v) is 3.77. The fourth-order valence-electron chi connectivity index (χ4n) is 1.90. The fraction of sp³-hybridized carbons (Fsp3) is 0.364. The minimum Gasteiger partial charge on any atom is -0.274 e. The lowest BCUT2D eigenvalue weighted by Gasteiger charge is -2.35. The van der Waals surface area contributed by atoms with Crippen molar-refractivity contribution in [1.29, 1.82) is 0 Å². The first-order valence-corrected chi connectivity index (χ1v) is 8.00. The second kappa shape index (κ2) is 5.77. The molecule has 1 fully saturated rings. The minimum absolute atomic E-state index is 0.236. The molecular formula is C11H13Cl2N3O3S. The Morgan fingerprint density at radius 2 is 1.95 bits per heavy atom. The molecule has 0 spiro atoms. The first kappa shape index (κ1) is 15.4. The van der Waals surface area contributed by atoms with E-state index < -0.39 is 16.1 Å². The van der Waals surface area contributed by atoms with Crippen molar-refractivity contribution in [3.05, 3.63) is 28.2 Å². The quantitative estimate of drug-likeness (QED) is 0.894. The standard InChI is InChI=1S/C11H13Cl2N3O3S/c1-8(17)14-16-6-2-5-15(20(16,18)19)9-3-4-10(12)11(13)7-9/h3-4,7H,2,5-6H2,1H3,(H,14,17). The van der Waals surface area contributed by atoms with Crippen molar-refractivity contribution < 1.29 is 13.2 Å². The highest BCUT2D eigenvalue weighted by Crippen LogP contribution is 2.30. The van der Waals surface area contributed by atoms with E-state index in [-0.39, 0.29) is 11.6 Å². The predicted molar refractivity (Wildman–Crippen MR) is 77.9 cm³/mol. The van der Waals surface area contributed by atoms with Gasteiger partial charge < -0.3 is 0 Å². The van der Waals surface area contributed by atoms with Crippen molar-refractivity contribution in [1.82, 2.24) is 9.84 Å². The zero-order valence-electron chi connectivity index (χ0n) is 10.6. The lowest BCUT2D eigenvalue weighted by atomic mass is 10.3. The summed E-state index contributed by atoms with van der Waals surface area (Å²) in [5, 5.41) is 0.625. The molecule has 1 aromatic rings. The lowest BCUT2D eigenvalue weighted by molar-refractivity contribution is -0.121. The molecule has 20 heavy (non-hydrogen) atoms. The topological polar surface area (TPSA) is 69.7 Å². The van der Waals surface area contributed by atoms with E-state index in [1.807, 2.05) is 0 Å². The Morgan fingerprint density at radius 3 is 2.55 bits per heavy atom. The van der Waals surface area contributed by atoms with Crippen molar-refractivity contribution in [2.45, 2.75) is 13.3 Å². The van der Waals surface area contributed by atoms with E-state index in [4.69, 9.17) is 23.2 Å². The van der Waals surface area contributed by atoms with E-state index in [2.05, 4.69) is 5.43 Å². The highest BCUT2D eigenvalue weighted by atomic mass is 35.5. The summed E-state index contributed by atoms with van der Waals surface area (Å²) in [6.07, 6.45) is 0.583. The maximum Gasteiger partial charge on any atom is 0.321 e. The molecule has 1 saturated heterocycles. The molecule has 1 aromatic carbocycles. The van der Waals surface area contributed by atoms with Crippen LogP contribution in [0.5, 0.6) is 0 Å². The van der Waals surface area contributed by atoms with E-state index in [0.717, 1.165) is 4.41 Å². The third-order valence-corrected chi connectivity index (χ3v) is 5.27. The van der Waals surface area contributed by atoms with Crippen LogP contribution in [0, 0.1) is 0 Å². The van der Waals surface area contributed by atoms with Gasteiger partial charge in [-0.1, -0.05) is 27.6 Å². The van der Waals surface area contributed by atoms with Crippen LogP contribution in [0.4, 0.5) is 5.69 Å². The average molecular weight is 338 g/mol. The third-order valence-electron chi connectivity index (χ3n) is 2.75. The Labute approximate surface area is 127 Å². The minimum atomic E-state index is -3.81. The van der Waals surface area contributed by atoms with Crippen LogP contribution >= 0.6 is 23.2 Å². The SMILES string of the molecule is CC(=O)NN1CCCN(c2ccc(Cl)c(Cl)c2)S1(=O)=O. The van der Waals surface area contributed by atoms with Gasteiger partial charge in [0.05, 0.1) is 15.7 Å². The smallest absolute Gasteiger partial charge is 0.274 e. The number of hydrogen-bond donors (Lipinski definition) is 1. The molecule has 1 N–H and O–H groups in total. The molecule has 2 rings (SSSR count). The molecule has 0 unspecified atom stereocenters. The van der Waals surface area contributed by atoms with Gasteiger partial charge in [0.25, 0.3) is 0 Å². The van der Waals surface area contributed by atoms with Crippen molar-refractivity contribution in [2.24, 2.45) is 0 Å². The molecule has 0 radical (unpaired) electrons. The molecule has 1 amide bonds. The molecule has 6 nitrogen and oxygen atoms in total. The number of benzene rings is 1. The van der Waals surface area contributed by atoms with Crippen LogP contribution in [0.1, 0.15) is 13.3 Å². The zero-order chi connectivity index (χ0) is 14.9. The number of halogens is 2.